The Morgan fingerprint density at radius 3 is 1.42 bits per heavy atom. The lowest BCUT2D eigenvalue weighted by molar-refractivity contribution is 0.111. The Kier molecular flexibility index (Phi) is 8.32. The second-order valence-corrected chi connectivity index (χ2v) is 8.39. The van der Waals surface area contributed by atoms with Crippen molar-refractivity contribution in [3.63, 3.8) is 0 Å². The highest BCUT2D eigenvalue weighted by atomic mass is 14.4. The summed E-state index contributed by atoms with van der Waals surface area (Å²) in [6, 6.07) is 0. The van der Waals surface area contributed by atoms with Gasteiger partial charge >= 0.3 is 0 Å². The van der Waals surface area contributed by atoms with Crippen LogP contribution in [0.3, 0.4) is 0 Å². The van der Waals surface area contributed by atoms with Gasteiger partial charge in [0.15, 0.2) is 0 Å². The molecule has 0 aliphatic rings. The Morgan fingerprint density at radius 1 is 0.632 bits per heavy atom. The van der Waals surface area contributed by atoms with Crippen molar-refractivity contribution in [1.82, 2.24) is 0 Å². The molecule has 0 bridgehead atoms. The Bertz CT molecular complexity index is 224. The van der Waals surface area contributed by atoms with Gasteiger partial charge in [-0.25, -0.2) is 0 Å². The van der Waals surface area contributed by atoms with E-state index in [0.29, 0.717) is 5.41 Å². The average molecular weight is 269 g/mol. The van der Waals surface area contributed by atoms with Crippen LogP contribution >= 0.6 is 0 Å². The zero-order valence-electron chi connectivity index (χ0n) is 15.2. The van der Waals surface area contributed by atoms with Gasteiger partial charge in [-0.1, -0.05) is 75.2 Å². The third-order valence-electron chi connectivity index (χ3n) is 5.91. The minimum Gasteiger partial charge on any atom is -0.0628 e. The molecule has 0 amide bonds. The zero-order valence-corrected chi connectivity index (χ0v) is 15.2. The van der Waals surface area contributed by atoms with Crippen LogP contribution < -0.4 is 0 Å². The molecule has 0 saturated heterocycles. The molecule has 116 valence electrons. The minimum atomic E-state index is 0.478. The standard InChI is InChI=1S/C19H40/c1-14(2)10-12-17(6)19(8,9)18(7)13-11-16(5)15(3)4/h14-18H,10-13H2,1-9H3. The fraction of sp³-hybridized carbons (Fsp3) is 1.00. The van der Waals surface area contributed by atoms with E-state index in [1.165, 1.54) is 25.7 Å². The highest BCUT2D eigenvalue weighted by molar-refractivity contribution is 4.81. The summed E-state index contributed by atoms with van der Waals surface area (Å²) < 4.78 is 0. The van der Waals surface area contributed by atoms with Crippen LogP contribution in [-0.4, -0.2) is 0 Å². The van der Waals surface area contributed by atoms with Crippen LogP contribution in [-0.2, 0) is 0 Å². The molecule has 0 heterocycles. The number of hydrogen-bond acceptors (Lipinski definition) is 0. The van der Waals surface area contributed by atoms with E-state index in [-0.39, 0.29) is 0 Å². The number of hydrogen-bond donors (Lipinski definition) is 0. The van der Waals surface area contributed by atoms with Crippen molar-refractivity contribution in [3.05, 3.63) is 0 Å². The van der Waals surface area contributed by atoms with Crippen molar-refractivity contribution in [2.45, 2.75) is 88.0 Å². The average Bonchev–Trinajstić information content (AvgIpc) is 2.31. The van der Waals surface area contributed by atoms with E-state index < -0.39 is 0 Å². The molecule has 0 aliphatic carbocycles. The Hall–Kier alpha value is 0. The van der Waals surface area contributed by atoms with Gasteiger partial charge in [0.1, 0.15) is 0 Å². The van der Waals surface area contributed by atoms with Gasteiger partial charge in [-0.2, -0.15) is 0 Å². The van der Waals surface area contributed by atoms with Gasteiger partial charge in [0.05, 0.1) is 0 Å². The molecular formula is C19H40. The molecule has 0 rings (SSSR count). The summed E-state index contributed by atoms with van der Waals surface area (Å²) in [5.41, 5.74) is 0.478. The van der Waals surface area contributed by atoms with Gasteiger partial charge in [0.2, 0.25) is 0 Å². The monoisotopic (exact) mass is 268 g/mol. The second-order valence-electron chi connectivity index (χ2n) is 8.39. The lowest BCUT2D eigenvalue weighted by Crippen LogP contribution is -2.30. The van der Waals surface area contributed by atoms with Crippen molar-refractivity contribution in [3.8, 4) is 0 Å². The van der Waals surface area contributed by atoms with Crippen molar-refractivity contribution < 1.29 is 0 Å². The molecule has 0 nitrogen and oxygen atoms in total. The maximum Gasteiger partial charge on any atom is -0.0303 e. The molecule has 0 saturated carbocycles. The van der Waals surface area contributed by atoms with E-state index >= 15 is 0 Å². The van der Waals surface area contributed by atoms with Gasteiger partial charge < -0.3 is 0 Å². The molecule has 19 heavy (non-hydrogen) atoms. The predicted molar refractivity (Wildman–Crippen MR) is 89.4 cm³/mol. The Morgan fingerprint density at radius 2 is 1.05 bits per heavy atom. The summed E-state index contributed by atoms with van der Waals surface area (Å²) in [5, 5.41) is 0. The topological polar surface area (TPSA) is 0 Å². The molecule has 0 heteroatoms. The van der Waals surface area contributed by atoms with Crippen LogP contribution in [0.25, 0.3) is 0 Å². The molecule has 0 aromatic heterocycles. The van der Waals surface area contributed by atoms with Crippen molar-refractivity contribution >= 4 is 0 Å². The molecule has 3 unspecified atom stereocenters. The van der Waals surface area contributed by atoms with E-state index in [1.807, 2.05) is 0 Å². The van der Waals surface area contributed by atoms with E-state index in [1.54, 1.807) is 0 Å². The number of rotatable bonds is 9. The summed E-state index contributed by atoms with van der Waals surface area (Å²) in [7, 11) is 0. The lowest BCUT2D eigenvalue weighted by atomic mass is 9.67. The Labute approximate surface area is 123 Å². The quantitative estimate of drug-likeness (QED) is 0.431. The van der Waals surface area contributed by atoms with Crippen LogP contribution in [0, 0.1) is 35.0 Å². The first-order valence-corrected chi connectivity index (χ1v) is 8.59. The SMILES string of the molecule is CC(C)CCC(C)C(C)(C)C(C)CCC(C)C(C)C. The lowest BCUT2D eigenvalue weighted by Gasteiger charge is -2.39. The first-order valence-electron chi connectivity index (χ1n) is 8.59. The third kappa shape index (κ3) is 6.82. The predicted octanol–water partition coefficient (Wildman–Crippen LogP) is 6.79. The van der Waals surface area contributed by atoms with E-state index in [0.717, 1.165) is 29.6 Å². The van der Waals surface area contributed by atoms with Crippen LogP contribution in [0.4, 0.5) is 0 Å². The largest absolute Gasteiger partial charge is 0.0628 e. The fourth-order valence-electron chi connectivity index (χ4n) is 2.66. The fourth-order valence-corrected chi connectivity index (χ4v) is 2.66. The van der Waals surface area contributed by atoms with E-state index in [9.17, 15) is 0 Å². The summed E-state index contributed by atoms with van der Waals surface area (Å²) >= 11 is 0. The smallest absolute Gasteiger partial charge is 0.0303 e. The van der Waals surface area contributed by atoms with Crippen LogP contribution in [0.15, 0.2) is 0 Å². The molecule has 3 atom stereocenters. The van der Waals surface area contributed by atoms with Crippen LogP contribution in [0.2, 0.25) is 0 Å². The van der Waals surface area contributed by atoms with Gasteiger partial charge in [0, 0.05) is 0 Å². The molecule has 0 aromatic rings. The summed E-state index contributed by atoms with van der Waals surface area (Å²) in [4.78, 5) is 0. The summed E-state index contributed by atoms with van der Waals surface area (Å²) in [5.74, 6) is 4.20. The molecule has 0 aliphatic heterocycles. The van der Waals surface area contributed by atoms with Crippen molar-refractivity contribution in [2.75, 3.05) is 0 Å². The van der Waals surface area contributed by atoms with Gasteiger partial charge in [-0.05, 0) is 47.8 Å². The second kappa shape index (κ2) is 8.32. The first kappa shape index (κ1) is 19.0. The first-order chi connectivity index (χ1) is 8.59. The van der Waals surface area contributed by atoms with Gasteiger partial charge in [0.25, 0.3) is 0 Å². The van der Waals surface area contributed by atoms with Crippen LogP contribution in [0.5, 0.6) is 0 Å². The zero-order chi connectivity index (χ0) is 15.2. The maximum atomic E-state index is 2.49. The normalized spacial score (nSPS) is 17.8. The van der Waals surface area contributed by atoms with Gasteiger partial charge in [-0.3, -0.25) is 0 Å². The molecule has 0 fully saturated rings. The minimum absolute atomic E-state index is 0.478. The van der Waals surface area contributed by atoms with Crippen LogP contribution in [0.1, 0.15) is 88.0 Å². The third-order valence-corrected chi connectivity index (χ3v) is 5.91. The summed E-state index contributed by atoms with van der Waals surface area (Å²) in [6.45, 7) is 21.7. The molecule has 0 N–H and O–H groups in total. The molecule has 0 spiro atoms. The summed E-state index contributed by atoms with van der Waals surface area (Å²) in [6.07, 6.45) is 5.53. The van der Waals surface area contributed by atoms with Crippen molar-refractivity contribution in [1.29, 1.82) is 0 Å². The molecular weight excluding hydrogens is 228 g/mol. The van der Waals surface area contributed by atoms with E-state index in [2.05, 4.69) is 62.3 Å². The maximum absolute atomic E-state index is 2.49. The Balaban J connectivity index is 4.29. The molecule has 0 radical (unpaired) electrons. The molecule has 0 aromatic carbocycles. The highest BCUT2D eigenvalue weighted by Crippen LogP contribution is 2.41. The van der Waals surface area contributed by atoms with E-state index in [4.69, 9.17) is 0 Å². The highest BCUT2D eigenvalue weighted by Gasteiger charge is 2.31. The van der Waals surface area contributed by atoms with Crippen molar-refractivity contribution in [2.24, 2.45) is 35.0 Å². The van der Waals surface area contributed by atoms with Gasteiger partial charge in [-0.15, -0.1) is 0 Å².